The van der Waals surface area contributed by atoms with Crippen molar-refractivity contribution in [3.63, 3.8) is 0 Å². The number of nitrogens with two attached hydrogens (primary N) is 1. The SMILES string of the molecule is CCCC1C(N)c2cc(C)ccc2S1(=O)=O. The van der Waals surface area contributed by atoms with Gasteiger partial charge >= 0.3 is 0 Å². The minimum Gasteiger partial charge on any atom is -0.323 e. The Morgan fingerprint density at radius 1 is 1.38 bits per heavy atom. The van der Waals surface area contributed by atoms with E-state index < -0.39 is 15.1 Å². The van der Waals surface area contributed by atoms with E-state index in [0.717, 1.165) is 17.5 Å². The van der Waals surface area contributed by atoms with E-state index in [1.165, 1.54) is 0 Å². The molecule has 16 heavy (non-hydrogen) atoms. The lowest BCUT2D eigenvalue weighted by atomic mass is 10.0. The van der Waals surface area contributed by atoms with Gasteiger partial charge in [0.1, 0.15) is 0 Å². The molecule has 1 aromatic carbocycles. The van der Waals surface area contributed by atoms with E-state index in [2.05, 4.69) is 0 Å². The molecule has 4 heteroatoms. The molecule has 0 aromatic heterocycles. The fraction of sp³-hybridized carbons (Fsp3) is 0.500. The summed E-state index contributed by atoms with van der Waals surface area (Å²) < 4.78 is 24.4. The first-order valence-electron chi connectivity index (χ1n) is 5.58. The molecule has 0 spiro atoms. The molecule has 1 aliphatic heterocycles. The summed E-state index contributed by atoms with van der Waals surface area (Å²) in [4.78, 5) is 0.434. The van der Waals surface area contributed by atoms with Crippen molar-refractivity contribution < 1.29 is 8.42 Å². The lowest BCUT2D eigenvalue weighted by Crippen LogP contribution is -2.26. The van der Waals surface area contributed by atoms with Crippen LogP contribution in [0, 0.1) is 6.92 Å². The third kappa shape index (κ3) is 1.57. The summed E-state index contributed by atoms with van der Waals surface area (Å²) in [5.74, 6) is 0. The van der Waals surface area contributed by atoms with E-state index in [9.17, 15) is 8.42 Å². The van der Waals surface area contributed by atoms with Gasteiger partial charge < -0.3 is 5.73 Å². The van der Waals surface area contributed by atoms with Gasteiger partial charge in [-0.05, 0) is 25.0 Å². The van der Waals surface area contributed by atoms with Crippen LogP contribution < -0.4 is 5.73 Å². The molecule has 0 radical (unpaired) electrons. The van der Waals surface area contributed by atoms with Crippen LogP contribution in [-0.4, -0.2) is 13.7 Å². The van der Waals surface area contributed by atoms with Gasteiger partial charge in [0, 0.05) is 6.04 Å². The van der Waals surface area contributed by atoms with E-state index in [1.807, 2.05) is 26.0 Å². The zero-order valence-electron chi connectivity index (χ0n) is 9.60. The summed E-state index contributed by atoms with van der Waals surface area (Å²) >= 11 is 0. The number of hydrogen-bond acceptors (Lipinski definition) is 3. The zero-order valence-corrected chi connectivity index (χ0v) is 10.4. The molecule has 1 aliphatic rings. The van der Waals surface area contributed by atoms with E-state index in [-0.39, 0.29) is 6.04 Å². The van der Waals surface area contributed by atoms with Crippen LogP contribution >= 0.6 is 0 Å². The highest BCUT2D eigenvalue weighted by Crippen LogP contribution is 2.39. The van der Waals surface area contributed by atoms with Crippen molar-refractivity contribution in [2.24, 2.45) is 5.73 Å². The first-order chi connectivity index (χ1) is 7.48. The summed E-state index contributed by atoms with van der Waals surface area (Å²) in [5.41, 5.74) is 7.89. The molecule has 1 aromatic rings. The van der Waals surface area contributed by atoms with Crippen molar-refractivity contribution in [2.75, 3.05) is 0 Å². The second-order valence-electron chi connectivity index (χ2n) is 4.44. The predicted octanol–water partition coefficient (Wildman–Crippen LogP) is 1.95. The topological polar surface area (TPSA) is 60.2 Å². The molecular weight excluding hydrogens is 222 g/mol. The van der Waals surface area contributed by atoms with Crippen LogP contribution in [0.1, 0.15) is 36.9 Å². The highest BCUT2D eigenvalue weighted by Gasteiger charge is 2.42. The lowest BCUT2D eigenvalue weighted by molar-refractivity contribution is 0.555. The van der Waals surface area contributed by atoms with Crippen molar-refractivity contribution >= 4 is 9.84 Å². The van der Waals surface area contributed by atoms with Crippen molar-refractivity contribution in [3.8, 4) is 0 Å². The van der Waals surface area contributed by atoms with Crippen molar-refractivity contribution in [2.45, 2.75) is 42.9 Å². The molecule has 0 saturated heterocycles. The Hall–Kier alpha value is -0.870. The Balaban J connectivity index is 2.57. The van der Waals surface area contributed by atoms with Gasteiger partial charge in [-0.15, -0.1) is 0 Å². The minimum atomic E-state index is -3.20. The quantitative estimate of drug-likeness (QED) is 0.858. The smallest absolute Gasteiger partial charge is 0.183 e. The Morgan fingerprint density at radius 3 is 2.69 bits per heavy atom. The number of aryl methyl sites for hydroxylation is 1. The fourth-order valence-corrected chi connectivity index (χ4v) is 4.55. The van der Waals surface area contributed by atoms with E-state index in [1.54, 1.807) is 6.07 Å². The van der Waals surface area contributed by atoms with Crippen molar-refractivity contribution in [1.29, 1.82) is 0 Å². The average Bonchev–Trinajstić information content (AvgIpc) is 2.40. The molecule has 1 heterocycles. The number of benzene rings is 1. The Morgan fingerprint density at radius 2 is 2.06 bits per heavy atom. The van der Waals surface area contributed by atoms with Crippen LogP contribution in [-0.2, 0) is 9.84 Å². The van der Waals surface area contributed by atoms with Gasteiger partial charge in [-0.2, -0.15) is 0 Å². The number of sulfone groups is 1. The molecule has 2 rings (SSSR count). The van der Waals surface area contributed by atoms with Gasteiger partial charge in [0.2, 0.25) is 0 Å². The third-order valence-corrected chi connectivity index (χ3v) is 5.51. The lowest BCUT2D eigenvalue weighted by Gasteiger charge is -2.13. The number of rotatable bonds is 2. The zero-order chi connectivity index (χ0) is 11.9. The first-order valence-corrected chi connectivity index (χ1v) is 7.13. The van der Waals surface area contributed by atoms with Gasteiger partial charge in [-0.25, -0.2) is 8.42 Å². The molecule has 2 unspecified atom stereocenters. The third-order valence-electron chi connectivity index (χ3n) is 3.20. The van der Waals surface area contributed by atoms with E-state index in [4.69, 9.17) is 5.73 Å². The summed E-state index contributed by atoms with van der Waals surface area (Å²) in [6.45, 7) is 3.93. The number of hydrogen-bond donors (Lipinski definition) is 1. The molecule has 0 bridgehead atoms. The molecule has 88 valence electrons. The van der Waals surface area contributed by atoms with Crippen LogP contribution in [0.15, 0.2) is 23.1 Å². The summed E-state index contributed by atoms with van der Waals surface area (Å²) in [7, 11) is -3.20. The Labute approximate surface area is 96.6 Å². The van der Waals surface area contributed by atoms with Gasteiger partial charge in [-0.1, -0.05) is 31.0 Å². The molecule has 0 saturated carbocycles. The molecule has 2 N–H and O–H groups in total. The van der Waals surface area contributed by atoms with Gasteiger partial charge in [0.05, 0.1) is 10.1 Å². The normalized spacial score (nSPS) is 26.7. The molecule has 2 atom stereocenters. The summed E-state index contributed by atoms with van der Waals surface area (Å²) in [6, 6.07) is 5.06. The highest BCUT2D eigenvalue weighted by atomic mass is 32.2. The van der Waals surface area contributed by atoms with Gasteiger partial charge in [-0.3, -0.25) is 0 Å². The highest BCUT2D eigenvalue weighted by molar-refractivity contribution is 7.92. The van der Waals surface area contributed by atoms with Crippen LogP contribution in [0.5, 0.6) is 0 Å². The Kier molecular flexibility index (Phi) is 2.80. The molecule has 3 nitrogen and oxygen atoms in total. The second-order valence-corrected chi connectivity index (χ2v) is 6.57. The summed E-state index contributed by atoms with van der Waals surface area (Å²) in [5, 5.41) is -0.436. The summed E-state index contributed by atoms with van der Waals surface area (Å²) in [6.07, 6.45) is 1.47. The largest absolute Gasteiger partial charge is 0.323 e. The molecule has 0 amide bonds. The van der Waals surface area contributed by atoms with E-state index >= 15 is 0 Å². The van der Waals surface area contributed by atoms with Crippen molar-refractivity contribution in [1.82, 2.24) is 0 Å². The van der Waals surface area contributed by atoms with Crippen LogP contribution in [0.3, 0.4) is 0 Å². The standard InChI is InChI=1S/C12H17NO2S/c1-3-4-11-12(13)9-7-8(2)5-6-10(9)16(11,14)15/h5-7,11-12H,3-4,13H2,1-2H3. The average molecular weight is 239 g/mol. The molecule has 0 fully saturated rings. The molecule has 0 aliphatic carbocycles. The van der Waals surface area contributed by atoms with Gasteiger partial charge in [0.15, 0.2) is 9.84 Å². The monoisotopic (exact) mass is 239 g/mol. The van der Waals surface area contributed by atoms with Crippen molar-refractivity contribution in [3.05, 3.63) is 29.3 Å². The molecular formula is C12H17NO2S. The fourth-order valence-electron chi connectivity index (χ4n) is 2.36. The minimum absolute atomic E-state index is 0.361. The maximum absolute atomic E-state index is 12.2. The van der Waals surface area contributed by atoms with Crippen LogP contribution in [0.2, 0.25) is 0 Å². The second kappa shape index (κ2) is 3.86. The first kappa shape index (κ1) is 11.6. The Bertz CT molecular complexity index is 508. The predicted molar refractivity (Wildman–Crippen MR) is 64.0 cm³/mol. The maximum Gasteiger partial charge on any atom is 0.183 e. The van der Waals surface area contributed by atoms with Crippen LogP contribution in [0.25, 0.3) is 0 Å². The number of fused-ring (bicyclic) bond motifs is 1. The van der Waals surface area contributed by atoms with Gasteiger partial charge in [0.25, 0.3) is 0 Å². The van der Waals surface area contributed by atoms with E-state index in [0.29, 0.717) is 11.3 Å². The van der Waals surface area contributed by atoms with Crippen LogP contribution in [0.4, 0.5) is 0 Å². The maximum atomic E-state index is 12.2.